The highest BCUT2D eigenvalue weighted by molar-refractivity contribution is 5.18. The molecule has 2 aromatic rings. The van der Waals surface area contributed by atoms with Crippen LogP contribution >= 0.6 is 0 Å². The Morgan fingerprint density at radius 1 is 0.741 bits per heavy atom. The summed E-state index contributed by atoms with van der Waals surface area (Å²) < 4.78 is 4.94. The second-order valence-corrected chi connectivity index (χ2v) is 7.95. The fourth-order valence-electron chi connectivity index (χ4n) is 3.90. The van der Waals surface area contributed by atoms with Crippen LogP contribution in [0.4, 0.5) is 0 Å². The second-order valence-electron chi connectivity index (χ2n) is 7.95. The Hall–Kier alpha value is -1.57. The Morgan fingerprint density at radius 3 is 2.00 bits per heavy atom. The fraction of sp³-hybridized carbons (Fsp3) is 0.640. The van der Waals surface area contributed by atoms with E-state index in [2.05, 4.69) is 65.7 Å². The van der Waals surface area contributed by atoms with E-state index in [9.17, 15) is 0 Å². The SMILES string of the molecule is CCCCCCCCCCCCn1cc[n+](CCC)c1Cc1ccccc1. The highest BCUT2D eigenvalue weighted by atomic mass is 15.1. The largest absolute Gasteiger partial charge is 0.260 e. The van der Waals surface area contributed by atoms with Crippen LogP contribution in [0.5, 0.6) is 0 Å². The highest BCUT2D eigenvalue weighted by Gasteiger charge is 2.16. The lowest BCUT2D eigenvalue weighted by atomic mass is 10.1. The third kappa shape index (κ3) is 8.32. The molecular weight excluding hydrogens is 328 g/mol. The van der Waals surface area contributed by atoms with Gasteiger partial charge in [0.15, 0.2) is 0 Å². The average Bonchev–Trinajstić information content (AvgIpc) is 3.06. The molecule has 0 amide bonds. The van der Waals surface area contributed by atoms with Gasteiger partial charge in [-0.25, -0.2) is 9.13 Å². The zero-order valence-electron chi connectivity index (χ0n) is 17.8. The summed E-state index contributed by atoms with van der Waals surface area (Å²) in [7, 11) is 0. The van der Waals surface area contributed by atoms with E-state index in [1.807, 2.05) is 0 Å². The maximum atomic E-state index is 2.49. The van der Waals surface area contributed by atoms with Crippen molar-refractivity contribution in [3.05, 3.63) is 54.1 Å². The molecule has 27 heavy (non-hydrogen) atoms. The Morgan fingerprint density at radius 2 is 1.37 bits per heavy atom. The first-order chi connectivity index (χ1) is 13.3. The summed E-state index contributed by atoms with van der Waals surface area (Å²) in [4.78, 5) is 0. The van der Waals surface area contributed by atoms with E-state index in [1.165, 1.54) is 82.0 Å². The molecule has 0 bridgehead atoms. The van der Waals surface area contributed by atoms with Crippen LogP contribution in [0, 0.1) is 0 Å². The number of nitrogens with zero attached hydrogens (tertiary/aromatic N) is 2. The molecule has 0 aliphatic carbocycles. The van der Waals surface area contributed by atoms with Crippen LogP contribution in [0.3, 0.4) is 0 Å². The molecule has 2 heteroatoms. The molecule has 0 radical (unpaired) electrons. The first kappa shape index (κ1) is 21.7. The van der Waals surface area contributed by atoms with Crippen LogP contribution in [-0.4, -0.2) is 4.57 Å². The van der Waals surface area contributed by atoms with E-state index >= 15 is 0 Å². The molecular formula is C25H41N2+. The van der Waals surface area contributed by atoms with E-state index in [4.69, 9.17) is 0 Å². The van der Waals surface area contributed by atoms with Crippen molar-refractivity contribution >= 4 is 0 Å². The van der Waals surface area contributed by atoms with Crippen molar-refractivity contribution in [3.8, 4) is 0 Å². The molecule has 2 rings (SSSR count). The Balaban J connectivity index is 1.72. The monoisotopic (exact) mass is 369 g/mol. The van der Waals surface area contributed by atoms with Crippen molar-refractivity contribution in [2.75, 3.05) is 0 Å². The van der Waals surface area contributed by atoms with E-state index in [0.29, 0.717) is 0 Å². The lowest BCUT2D eigenvalue weighted by Crippen LogP contribution is -2.37. The van der Waals surface area contributed by atoms with Gasteiger partial charge in [-0.1, -0.05) is 95.5 Å². The molecule has 0 spiro atoms. The summed E-state index contributed by atoms with van der Waals surface area (Å²) >= 11 is 0. The number of unbranched alkanes of at least 4 members (excludes halogenated alkanes) is 9. The molecule has 1 aromatic carbocycles. The number of hydrogen-bond donors (Lipinski definition) is 0. The summed E-state index contributed by atoms with van der Waals surface area (Å²) in [6.45, 7) is 6.83. The topological polar surface area (TPSA) is 8.81 Å². The van der Waals surface area contributed by atoms with E-state index in [0.717, 1.165) is 19.5 Å². The summed E-state index contributed by atoms with van der Waals surface area (Å²) in [5.41, 5.74) is 1.41. The quantitative estimate of drug-likeness (QED) is 0.244. The van der Waals surface area contributed by atoms with Crippen molar-refractivity contribution in [1.82, 2.24) is 4.57 Å². The maximum absolute atomic E-state index is 2.49. The Labute approximate surface area is 167 Å². The van der Waals surface area contributed by atoms with Gasteiger partial charge in [-0.15, -0.1) is 0 Å². The normalized spacial score (nSPS) is 11.2. The minimum absolute atomic E-state index is 1.03. The summed E-state index contributed by atoms with van der Waals surface area (Å²) in [5, 5.41) is 0. The van der Waals surface area contributed by atoms with Gasteiger partial charge in [0.1, 0.15) is 12.4 Å². The summed E-state index contributed by atoms with van der Waals surface area (Å²) in [6, 6.07) is 10.9. The smallest absolute Gasteiger partial charge is 0.234 e. The zero-order chi connectivity index (χ0) is 19.2. The van der Waals surface area contributed by atoms with Gasteiger partial charge >= 0.3 is 0 Å². The number of aryl methyl sites for hydroxylation is 2. The summed E-state index contributed by atoms with van der Waals surface area (Å²) in [6.07, 6.45) is 20.8. The van der Waals surface area contributed by atoms with Crippen LogP contribution in [0.25, 0.3) is 0 Å². The van der Waals surface area contributed by atoms with Gasteiger partial charge in [0.25, 0.3) is 5.82 Å². The number of hydrogen-bond acceptors (Lipinski definition) is 0. The van der Waals surface area contributed by atoms with Gasteiger partial charge in [-0.3, -0.25) is 0 Å². The van der Waals surface area contributed by atoms with Gasteiger partial charge < -0.3 is 0 Å². The first-order valence-corrected chi connectivity index (χ1v) is 11.5. The lowest BCUT2D eigenvalue weighted by molar-refractivity contribution is -0.703. The number of benzene rings is 1. The molecule has 0 aliphatic heterocycles. The molecule has 0 fully saturated rings. The van der Waals surface area contributed by atoms with Crippen molar-refractivity contribution in [2.24, 2.45) is 0 Å². The first-order valence-electron chi connectivity index (χ1n) is 11.5. The van der Waals surface area contributed by atoms with Crippen LogP contribution in [0.2, 0.25) is 0 Å². The Bertz CT molecular complexity index is 600. The van der Waals surface area contributed by atoms with Crippen molar-refractivity contribution in [1.29, 1.82) is 0 Å². The third-order valence-electron chi connectivity index (χ3n) is 5.51. The van der Waals surface area contributed by atoms with Gasteiger partial charge in [0.05, 0.1) is 19.5 Å². The molecule has 1 heterocycles. The van der Waals surface area contributed by atoms with Crippen LogP contribution < -0.4 is 4.57 Å². The molecule has 150 valence electrons. The molecule has 0 N–H and O–H groups in total. The van der Waals surface area contributed by atoms with Gasteiger partial charge in [-0.2, -0.15) is 0 Å². The lowest BCUT2D eigenvalue weighted by Gasteiger charge is -2.06. The molecule has 2 nitrogen and oxygen atoms in total. The second kappa shape index (κ2) is 13.6. The minimum Gasteiger partial charge on any atom is -0.234 e. The number of rotatable bonds is 15. The Kier molecular flexibility index (Phi) is 10.9. The van der Waals surface area contributed by atoms with Gasteiger partial charge in [0.2, 0.25) is 0 Å². The molecule has 0 saturated heterocycles. The predicted octanol–water partition coefficient (Wildman–Crippen LogP) is 6.70. The van der Waals surface area contributed by atoms with Crippen molar-refractivity contribution in [2.45, 2.75) is 104 Å². The third-order valence-corrected chi connectivity index (χ3v) is 5.51. The molecule has 0 atom stereocenters. The van der Waals surface area contributed by atoms with Crippen LogP contribution in [0.15, 0.2) is 42.7 Å². The molecule has 0 saturated carbocycles. The van der Waals surface area contributed by atoms with Crippen molar-refractivity contribution in [3.63, 3.8) is 0 Å². The van der Waals surface area contributed by atoms with Crippen LogP contribution in [0.1, 0.15) is 95.9 Å². The number of aromatic nitrogens is 2. The maximum Gasteiger partial charge on any atom is 0.260 e. The zero-order valence-corrected chi connectivity index (χ0v) is 17.8. The molecule has 0 aliphatic rings. The minimum atomic E-state index is 1.03. The standard InChI is InChI=1S/C25H41N2/c1-3-5-6-7-8-9-10-11-12-16-20-27-22-21-26(19-4-2)25(27)23-24-17-14-13-15-18-24/h13-15,17-18,21-22H,3-12,16,19-20,23H2,1-2H3/q+1. The van der Waals surface area contributed by atoms with Crippen LogP contribution in [-0.2, 0) is 19.5 Å². The fourth-order valence-corrected chi connectivity index (χ4v) is 3.90. The number of imidazole rings is 1. The van der Waals surface area contributed by atoms with E-state index in [-0.39, 0.29) is 0 Å². The van der Waals surface area contributed by atoms with E-state index in [1.54, 1.807) is 0 Å². The predicted molar refractivity (Wildman–Crippen MR) is 116 cm³/mol. The summed E-state index contributed by atoms with van der Waals surface area (Å²) in [5.74, 6) is 1.46. The molecule has 1 aromatic heterocycles. The molecule has 0 unspecified atom stereocenters. The average molecular weight is 370 g/mol. The van der Waals surface area contributed by atoms with E-state index < -0.39 is 0 Å². The van der Waals surface area contributed by atoms with Gasteiger partial charge in [0, 0.05) is 0 Å². The van der Waals surface area contributed by atoms with Crippen molar-refractivity contribution < 1.29 is 4.57 Å². The highest BCUT2D eigenvalue weighted by Crippen LogP contribution is 2.12. The van der Waals surface area contributed by atoms with Gasteiger partial charge in [-0.05, 0) is 24.8 Å².